The number of hydrogen-bond donors (Lipinski definition) is 3. The molecule has 6 nitrogen and oxygen atoms in total. The minimum atomic E-state index is -0.324. The molecule has 0 aliphatic carbocycles. The Morgan fingerprint density at radius 1 is 1.04 bits per heavy atom. The predicted molar refractivity (Wildman–Crippen MR) is 98.5 cm³/mol. The molecule has 25 heavy (non-hydrogen) atoms. The Morgan fingerprint density at radius 3 is 2.36 bits per heavy atom. The number of nitrogens with zero attached hydrogens (tertiary/aromatic N) is 1. The Balaban J connectivity index is 1.90. The predicted octanol–water partition coefficient (Wildman–Crippen LogP) is 3.49. The molecule has 0 spiro atoms. The van der Waals surface area contributed by atoms with Crippen LogP contribution in [0.4, 0.5) is 10.5 Å². The standard InChI is InChI=1S/C19H24N4O2/c1-4-13(2)21-18(24)15-8-10-16(11-9-15)23-19(25)22-14(3)17-7-5-6-12-20-17/h5-14H,4H2,1-3H3,(H,21,24)(H2,22,23,25)/t13-,14+/m0/s1. The summed E-state index contributed by atoms with van der Waals surface area (Å²) in [6.07, 6.45) is 2.56. The van der Waals surface area contributed by atoms with Crippen molar-refractivity contribution in [2.75, 3.05) is 5.32 Å². The smallest absolute Gasteiger partial charge is 0.319 e. The molecule has 3 amide bonds. The molecule has 1 heterocycles. The lowest BCUT2D eigenvalue weighted by atomic mass is 10.1. The molecule has 2 aromatic rings. The highest BCUT2D eigenvalue weighted by atomic mass is 16.2. The molecule has 1 aromatic heterocycles. The number of carbonyl (C=O) groups excluding carboxylic acids is 2. The highest BCUT2D eigenvalue weighted by molar-refractivity contribution is 5.95. The number of aromatic nitrogens is 1. The molecule has 6 heteroatoms. The SMILES string of the molecule is CC[C@H](C)NC(=O)c1ccc(NC(=O)N[C@H](C)c2ccccn2)cc1. The van der Waals surface area contributed by atoms with Crippen molar-refractivity contribution in [1.29, 1.82) is 0 Å². The van der Waals surface area contributed by atoms with Crippen molar-refractivity contribution < 1.29 is 9.59 Å². The molecule has 0 unspecified atom stereocenters. The average molecular weight is 340 g/mol. The third kappa shape index (κ3) is 5.60. The van der Waals surface area contributed by atoms with Crippen molar-refractivity contribution in [2.24, 2.45) is 0 Å². The van der Waals surface area contributed by atoms with Gasteiger partial charge in [0, 0.05) is 23.5 Å². The van der Waals surface area contributed by atoms with Crippen LogP contribution in [0.3, 0.4) is 0 Å². The second-order valence-electron chi connectivity index (χ2n) is 5.93. The lowest BCUT2D eigenvalue weighted by molar-refractivity contribution is 0.0939. The van der Waals surface area contributed by atoms with Crippen molar-refractivity contribution >= 4 is 17.6 Å². The van der Waals surface area contributed by atoms with Gasteiger partial charge < -0.3 is 16.0 Å². The Labute approximate surface area is 148 Å². The summed E-state index contributed by atoms with van der Waals surface area (Å²) in [5.41, 5.74) is 1.97. The minimum Gasteiger partial charge on any atom is -0.350 e. The van der Waals surface area contributed by atoms with Gasteiger partial charge in [-0.15, -0.1) is 0 Å². The van der Waals surface area contributed by atoms with Crippen LogP contribution in [-0.4, -0.2) is 23.0 Å². The van der Waals surface area contributed by atoms with Gasteiger partial charge in [0.25, 0.3) is 5.91 Å². The van der Waals surface area contributed by atoms with E-state index in [2.05, 4.69) is 20.9 Å². The van der Waals surface area contributed by atoms with E-state index < -0.39 is 0 Å². The molecule has 3 N–H and O–H groups in total. The van der Waals surface area contributed by atoms with Gasteiger partial charge >= 0.3 is 6.03 Å². The van der Waals surface area contributed by atoms with Crippen LogP contribution in [0.1, 0.15) is 49.3 Å². The van der Waals surface area contributed by atoms with Crippen molar-refractivity contribution in [3.8, 4) is 0 Å². The monoisotopic (exact) mass is 340 g/mol. The Bertz CT molecular complexity index is 701. The van der Waals surface area contributed by atoms with E-state index in [4.69, 9.17) is 0 Å². The molecular weight excluding hydrogens is 316 g/mol. The first kappa shape index (κ1) is 18.4. The highest BCUT2D eigenvalue weighted by Crippen LogP contribution is 2.12. The number of hydrogen-bond acceptors (Lipinski definition) is 3. The molecule has 0 aliphatic rings. The van der Waals surface area contributed by atoms with E-state index in [1.54, 1.807) is 30.5 Å². The summed E-state index contributed by atoms with van der Waals surface area (Å²) in [6, 6.07) is 11.9. The average Bonchev–Trinajstić information content (AvgIpc) is 2.62. The van der Waals surface area contributed by atoms with Crippen LogP contribution in [0.5, 0.6) is 0 Å². The van der Waals surface area contributed by atoms with E-state index in [1.165, 1.54) is 0 Å². The first-order chi connectivity index (χ1) is 12.0. The number of benzene rings is 1. The Hall–Kier alpha value is -2.89. The molecule has 2 atom stereocenters. The quantitative estimate of drug-likeness (QED) is 0.753. The number of amides is 3. The maximum absolute atomic E-state index is 12.1. The molecule has 0 fully saturated rings. The second-order valence-corrected chi connectivity index (χ2v) is 5.93. The van der Waals surface area contributed by atoms with Crippen LogP contribution in [0, 0.1) is 0 Å². The molecule has 1 aromatic carbocycles. The zero-order chi connectivity index (χ0) is 18.2. The molecular formula is C19H24N4O2. The van der Waals surface area contributed by atoms with E-state index in [0.717, 1.165) is 12.1 Å². The lowest BCUT2D eigenvalue weighted by Gasteiger charge is -2.14. The Morgan fingerprint density at radius 2 is 1.76 bits per heavy atom. The largest absolute Gasteiger partial charge is 0.350 e. The van der Waals surface area contributed by atoms with Gasteiger partial charge in [0.15, 0.2) is 0 Å². The molecule has 0 bridgehead atoms. The van der Waals surface area contributed by atoms with E-state index in [9.17, 15) is 9.59 Å². The third-order valence-electron chi connectivity index (χ3n) is 3.87. The summed E-state index contributed by atoms with van der Waals surface area (Å²) < 4.78 is 0. The van der Waals surface area contributed by atoms with Crippen molar-refractivity contribution in [3.63, 3.8) is 0 Å². The topological polar surface area (TPSA) is 83.1 Å². The van der Waals surface area contributed by atoms with Crippen molar-refractivity contribution in [1.82, 2.24) is 15.6 Å². The first-order valence-electron chi connectivity index (χ1n) is 8.39. The second kappa shape index (κ2) is 8.82. The summed E-state index contributed by atoms with van der Waals surface area (Å²) in [5, 5.41) is 8.48. The highest BCUT2D eigenvalue weighted by Gasteiger charge is 2.11. The van der Waals surface area contributed by atoms with Crippen LogP contribution >= 0.6 is 0 Å². The number of nitrogens with one attached hydrogen (secondary N) is 3. The fraction of sp³-hybridized carbons (Fsp3) is 0.316. The first-order valence-corrected chi connectivity index (χ1v) is 8.39. The van der Waals surface area contributed by atoms with Gasteiger partial charge in [0.2, 0.25) is 0 Å². The molecule has 132 valence electrons. The molecule has 0 aliphatic heterocycles. The van der Waals surface area contributed by atoms with E-state index in [0.29, 0.717) is 11.3 Å². The van der Waals surface area contributed by atoms with E-state index in [-0.39, 0.29) is 24.0 Å². The van der Waals surface area contributed by atoms with Gasteiger partial charge in [-0.2, -0.15) is 0 Å². The number of anilines is 1. The van der Waals surface area contributed by atoms with Gasteiger partial charge in [-0.3, -0.25) is 9.78 Å². The summed E-state index contributed by atoms with van der Waals surface area (Å²) in [5.74, 6) is -0.117. The number of rotatable bonds is 6. The van der Waals surface area contributed by atoms with Crippen LogP contribution in [-0.2, 0) is 0 Å². The Kier molecular flexibility index (Phi) is 6.51. The normalized spacial score (nSPS) is 12.8. The van der Waals surface area contributed by atoms with Crippen LogP contribution in [0.2, 0.25) is 0 Å². The number of pyridine rings is 1. The fourth-order valence-electron chi connectivity index (χ4n) is 2.18. The zero-order valence-corrected chi connectivity index (χ0v) is 14.7. The molecule has 0 radical (unpaired) electrons. The van der Waals surface area contributed by atoms with Gasteiger partial charge in [-0.1, -0.05) is 13.0 Å². The third-order valence-corrected chi connectivity index (χ3v) is 3.87. The van der Waals surface area contributed by atoms with E-state index >= 15 is 0 Å². The molecule has 2 rings (SSSR count). The van der Waals surface area contributed by atoms with Gasteiger partial charge in [-0.25, -0.2) is 4.79 Å². The summed E-state index contributed by atoms with van der Waals surface area (Å²) >= 11 is 0. The van der Waals surface area contributed by atoms with E-state index in [1.807, 2.05) is 39.0 Å². The van der Waals surface area contributed by atoms with Crippen LogP contribution in [0.15, 0.2) is 48.7 Å². The summed E-state index contributed by atoms with van der Waals surface area (Å²) in [7, 11) is 0. The fourth-order valence-corrected chi connectivity index (χ4v) is 2.18. The maximum Gasteiger partial charge on any atom is 0.319 e. The van der Waals surface area contributed by atoms with Gasteiger partial charge in [0.05, 0.1) is 11.7 Å². The van der Waals surface area contributed by atoms with Crippen molar-refractivity contribution in [3.05, 3.63) is 59.9 Å². The van der Waals surface area contributed by atoms with Crippen molar-refractivity contribution in [2.45, 2.75) is 39.3 Å². The number of carbonyl (C=O) groups is 2. The minimum absolute atomic E-state index is 0.117. The maximum atomic E-state index is 12.1. The van der Waals surface area contributed by atoms with Crippen LogP contribution < -0.4 is 16.0 Å². The molecule has 0 saturated heterocycles. The summed E-state index contributed by atoms with van der Waals surface area (Å²) in [4.78, 5) is 28.3. The van der Waals surface area contributed by atoms with Crippen LogP contribution in [0.25, 0.3) is 0 Å². The number of urea groups is 1. The summed E-state index contributed by atoms with van der Waals surface area (Å²) in [6.45, 7) is 5.84. The zero-order valence-electron chi connectivity index (χ0n) is 14.7. The van der Waals surface area contributed by atoms with Gasteiger partial charge in [0.1, 0.15) is 0 Å². The molecule has 0 saturated carbocycles. The lowest BCUT2D eigenvalue weighted by Crippen LogP contribution is -2.32. The van der Waals surface area contributed by atoms with Gasteiger partial charge in [-0.05, 0) is 56.7 Å².